The molecule has 0 saturated carbocycles. The van der Waals surface area contributed by atoms with Gasteiger partial charge in [-0.2, -0.15) is 5.10 Å². The summed E-state index contributed by atoms with van der Waals surface area (Å²) in [4.78, 5) is 4.20. The Labute approximate surface area is 133 Å². The van der Waals surface area contributed by atoms with Crippen LogP contribution in [0.4, 0.5) is 0 Å². The van der Waals surface area contributed by atoms with Crippen LogP contribution in [0.25, 0.3) is 0 Å². The van der Waals surface area contributed by atoms with Gasteiger partial charge in [-0.05, 0) is 53.5 Å². The van der Waals surface area contributed by atoms with Gasteiger partial charge in [-0.15, -0.1) is 0 Å². The molecule has 0 spiro atoms. The van der Waals surface area contributed by atoms with Crippen LogP contribution in [0.15, 0.2) is 29.0 Å². The molecular weight excluding hydrogens is 332 g/mol. The molecule has 0 aliphatic heterocycles. The quantitative estimate of drug-likeness (QED) is 0.741. The van der Waals surface area contributed by atoms with Crippen LogP contribution < -0.4 is 10.1 Å². The molecule has 0 saturated heterocycles. The van der Waals surface area contributed by atoms with E-state index in [2.05, 4.69) is 50.4 Å². The minimum Gasteiger partial charge on any atom is -0.484 e. The van der Waals surface area contributed by atoms with Crippen LogP contribution in [0.1, 0.15) is 31.7 Å². The van der Waals surface area contributed by atoms with Crippen LogP contribution >= 0.6 is 15.9 Å². The number of halogens is 1. The second kappa shape index (κ2) is 8.14. The van der Waals surface area contributed by atoms with Gasteiger partial charge in [0.2, 0.25) is 0 Å². The van der Waals surface area contributed by atoms with Crippen LogP contribution in [0.2, 0.25) is 0 Å². The SMILES string of the molecule is CCCNCc1ccc(OCc2ncnn2CC)c(Br)c1. The third-order valence-electron chi connectivity index (χ3n) is 3.10. The third-order valence-corrected chi connectivity index (χ3v) is 3.72. The Morgan fingerprint density at radius 2 is 2.19 bits per heavy atom. The monoisotopic (exact) mass is 352 g/mol. The minimum absolute atomic E-state index is 0.417. The summed E-state index contributed by atoms with van der Waals surface area (Å²) in [5.74, 6) is 1.65. The first-order valence-electron chi connectivity index (χ1n) is 7.23. The van der Waals surface area contributed by atoms with Gasteiger partial charge in [0.15, 0.2) is 5.82 Å². The Morgan fingerprint density at radius 1 is 1.33 bits per heavy atom. The molecule has 1 heterocycles. The zero-order valence-corrected chi connectivity index (χ0v) is 14.1. The first kappa shape index (κ1) is 16.0. The van der Waals surface area contributed by atoms with Crippen LogP contribution in [0.3, 0.4) is 0 Å². The summed E-state index contributed by atoms with van der Waals surface area (Å²) >= 11 is 3.56. The number of hydrogen-bond acceptors (Lipinski definition) is 4. The molecule has 5 nitrogen and oxygen atoms in total. The van der Waals surface area contributed by atoms with Crippen molar-refractivity contribution in [3.63, 3.8) is 0 Å². The fourth-order valence-corrected chi connectivity index (χ4v) is 2.53. The van der Waals surface area contributed by atoms with Crippen molar-refractivity contribution < 1.29 is 4.74 Å². The molecule has 0 aliphatic rings. The van der Waals surface area contributed by atoms with Gasteiger partial charge >= 0.3 is 0 Å². The molecule has 0 atom stereocenters. The third kappa shape index (κ3) is 4.54. The van der Waals surface area contributed by atoms with E-state index in [1.807, 2.05) is 17.7 Å². The van der Waals surface area contributed by atoms with Crippen LogP contribution in [0, 0.1) is 0 Å². The Kier molecular flexibility index (Phi) is 6.20. The van der Waals surface area contributed by atoms with Crippen LogP contribution in [-0.4, -0.2) is 21.3 Å². The van der Waals surface area contributed by atoms with Crippen molar-refractivity contribution in [3.8, 4) is 5.75 Å². The largest absolute Gasteiger partial charge is 0.484 e. The molecule has 1 aromatic heterocycles. The van der Waals surface area contributed by atoms with Crippen LogP contribution in [0.5, 0.6) is 5.75 Å². The number of hydrogen-bond donors (Lipinski definition) is 1. The normalized spacial score (nSPS) is 10.8. The Morgan fingerprint density at radius 3 is 2.90 bits per heavy atom. The number of nitrogens with one attached hydrogen (secondary N) is 1. The number of ether oxygens (including phenoxy) is 1. The van der Waals surface area contributed by atoms with E-state index >= 15 is 0 Å². The summed E-state index contributed by atoms with van der Waals surface area (Å²) in [6.07, 6.45) is 2.69. The summed E-state index contributed by atoms with van der Waals surface area (Å²) in [5.41, 5.74) is 1.24. The van der Waals surface area contributed by atoms with E-state index in [1.165, 1.54) is 5.56 Å². The lowest BCUT2D eigenvalue weighted by atomic mass is 10.2. The summed E-state index contributed by atoms with van der Waals surface area (Å²) in [6.45, 7) is 7.31. The molecule has 1 aromatic carbocycles. The lowest BCUT2D eigenvalue weighted by molar-refractivity contribution is 0.285. The number of nitrogens with zero attached hydrogens (tertiary/aromatic N) is 3. The molecule has 0 unspecified atom stereocenters. The van der Waals surface area contributed by atoms with E-state index in [0.717, 1.165) is 42.1 Å². The van der Waals surface area contributed by atoms with Crippen molar-refractivity contribution in [2.75, 3.05) is 6.54 Å². The fourth-order valence-electron chi connectivity index (χ4n) is 1.99. The van der Waals surface area contributed by atoms with Gasteiger partial charge in [0.1, 0.15) is 18.7 Å². The zero-order chi connectivity index (χ0) is 15.1. The number of aryl methyl sites for hydroxylation is 1. The lowest BCUT2D eigenvalue weighted by Gasteiger charge is -2.10. The number of rotatable bonds is 8. The van der Waals surface area contributed by atoms with Gasteiger partial charge in [-0.25, -0.2) is 9.67 Å². The van der Waals surface area contributed by atoms with Gasteiger partial charge < -0.3 is 10.1 Å². The zero-order valence-electron chi connectivity index (χ0n) is 12.5. The second-order valence-electron chi connectivity index (χ2n) is 4.72. The lowest BCUT2D eigenvalue weighted by Crippen LogP contribution is -2.13. The average molecular weight is 353 g/mol. The van der Waals surface area contributed by atoms with Gasteiger partial charge in [0.25, 0.3) is 0 Å². The van der Waals surface area contributed by atoms with E-state index in [4.69, 9.17) is 4.74 Å². The summed E-state index contributed by atoms with van der Waals surface area (Å²) in [7, 11) is 0. The highest BCUT2D eigenvalue weighted by Crippen LogP contribution is 2.26. The molecule has 6 heteroatoms. The van der Waals surface area contributed by atoms with E-state index in [1.54, 1.807) is 6.33 Å². The molecule has 0 bridgehead atoms. The Hall–Kier alpha value is -1.40. The first-order valence-corrected chi connectivity index (χ1v) is 8.02. The summed E-state index contributed by atoms with van der Waals surface area (Å²) in [6, 6.07) is 6.15. The molecular formula is C15H21BrN4O. The number of benzene rings is 1. The van der Waals surface area contributed by atoms with Gasteiger partial charge in [0.05, 0.1) is 4.47 Å². The molecule has 21 heavy (non-hydrogen) atoms. The van der Waals surface area contributed by atoms with E-state index in [0.29, 0.717) is 6.61 Å². The maximum Gasteiger partial charge on any atom is 0.164 e. The molecule has 114 valence electrons. The van der Waals surface area contributed by atoms with Crippen molar-refractivity contribution in [1.29, 1.82) is 0 Å². The van der Waals surface area contributed by atoms with Gasteiger partial charge in [-0.3, -0.25) is 0 Å². The van der Waals surface area contributed by atoms with Crippen molar-refractivity contribution in [2.24, 2.45) is 0 Å². The average Bonchev–Trinajstić information content (AvgIpc) is 2.94. The predicted molar refractivity (Wildman–Crippen MR) is 86.2 cm³/mol. The molecule has 2 aromatic rings. The van der Waals surface area contributed by atoms with Crippen molar-refractivity contribution in [3.05, 3.63) is 40.4 Å². The maximum absolute atomic E-state index is 5.81. The highest BCUT2D eigenvalue weighted by atomic mass is 79.9. The molecule has 0 amide bonds. The standard InChI is InChI=1S/C15H21BrN4O/c1-3-7-17-9-12-5-6-14(13(16)8-12)21-10-15-18-11-19-20(15)4-2/h5-6,8,11,17H,3-4,7,9-10H2,1-2H3. The van der Waals surface area contributed by atoms with E-state index < -0.39 is 0 Å². The number of aromatic nitrogens is 3. The van der Waals surface area contributed by atoms with Crippen molar-refractivity contribution >= 4 is 15.9 Å². The van der Waals surface area contributed by atoms with Crippen LogP contribution in [-0.2, 0) is 19.7 Å². The van der Waals surface area contributed by atoms with Crippen molar-refractivity contribution in [2.45, 2.75) is 40.0 Å². The highest BCUT2D eigenvalue weighted by Gasteiger charge is 2.07. The molecule has 1 N–H and O–H groups in total. The summed E-state index contributed by atoms with van der Waals surface area (Å²) < 4.78 is 8.60. The Bertz CT molecular complexity index is 571. The minimum atomic E-state index is 0.417. The van der Waals surface area contributed by atoms with Crippen molar-refractivity contribution in [1.82, 2.24) is 20.1 Å². The molecule has 0 radical (unpaired) electrons. The summed E-state index contributed by atoms with van der Waals surface area (Å²) in [5, 5.41) is 7.52. The first-order chi connectivity index (χ1) is 10.2. The van der Waals surface area contributed by atoms with Gasteiger partial charge in [0, 0.05) is 13.1 Å². The van der Waals surface area contributed by atoms with E-state index in [9.17, 15) is 0 Å². The molecule has 2 rings (SSSR count). The topological polar surface area (TPSA) is 52.0 Å². The Balaban J connectivity index is 1.94. The smallest absolute Gasteiger partial charge is 0.164 e. The molecule has 0 fully saturated rings. The second-order valence-corrected chi connectivity index (χ2v) is 5.58. The maximum atomic E-state index is 5.81. The fraction of sp³-hybridized carbons (Fsp3) is 0.467. The van der Waals surface area contributed by atoms with E-state index in [-0.39, 0.29) is 0 Å². The highest BCUT2D eigenvalue weighted by molar-refractivity contribution is 9.10. The predicted octanol–water partition coefficient (Wildman–Crippen LogP) is 3.14. The molecule has 0 aliphatic carbocycles. The van der Waals surface area contributed by atoms with Gasteiger partial charge in [-0.1, -0.05) is 13.0 Å².